The molecule has 4 heterocycles. The molecule has 0 fully saturated rings. The van der Waals surface area contributed by atoms with Crippen molar-refractivity contribution in [3.63, 3.8) is 0 Å². The van der Waals surface area contributed by atoms with E-state index in [0.29, 0.717) is 25.5 Å². The highest BCUT2D eigenvalue weighted by Crippen LogP contribution is 2.22. The van der Waals surface area contributed by atoms with Gasteiger partial charge in [0.2, 0.25) is 0 Å². The van der Waals surface area contributed by atoms with Gasteiger partial charge in [-0.05, 0) is 35.3 Å². The number of benzene rings is 1. The summed E-state index contributed by atoms with van der Waals surface area (Å²) in [6.07, 6.45) is 6.65. The van der Waals surface area contributed by atoms with Crippen LogP contribution in [0.3, 0.4) is 0 Å². The molecule has 8 nitrogen and oxygen atoms in total. The number of nitrogen functional groups attached to an aromatic ring is 1. The molecular weight excluding hydrogens is 362 g/mol. The summed E-state index contributed by atoms with van der Waals surface area (Å²) in [5, 5.41) is 15.0. The number of H-pyrrole nitrogens is 1. The molecule has 2 aromatic heterocycles. The van der Waals surface area contributed by atoms with Crippen molar-refractivity contribution in [1.29, 1.82) is 0 Å². The van der Waals surface area contributed by atoms with E-state index in [1.165, 1.54) is 11.5 Å². The Labute approximate surface area is 158 Å². The highest BCUT2D eigenvalue weighted by molar-refractivity contribution is 7.03. The minimum absolute atomic E-state index is 0.00908. The normalized spacial score (nSPS) is 16.1. The Hall–Kier alpha value is -3.20. The van der Waals surface area contributed by atoms with Crippen molar-refractivity contribution in [2.24, 2.45) is 5.10 Å². The number of nitrogens with two attached hydrogens (primary N) is 1. The summed E-state index contributed by atoms with van der Waals surface area (Å²) in [5.74, 6) is 0.461. The van der Waals surface area contributed by atoms with Crippen LogP contribution in [0.25, 0.3) is 23.2 Å². The maximum absolute atomic E-state index is 12.7. The monoisotopic (exact) mass is 379 g/mol. The fraction of sp³-hybridized carbons (Fsp3) is 0.222. The van der Waals surface area contributed by atoms with Crippen LogP contribution in [0.1, 0.15) is 12.0 Å². The first-order chi connectivity index (χ1) is 13.2. The second-order valence-corrected chi connectivity index (χ2v) is 7.42. The molecule has 1 aromatic carbocycles. The number of carbonyl (C=O) groups excluding carboxylic acids is 1. The van der Waals surface area contributed by atoms with E-state index in [2.05, 4.69) is 25.7 Å². The van der Waals surface area contributed by atoms with E-state index in [4.69, 9.17) is 5.73 Å². The van der Waals surface area contributed by atoms with Gasteiger partial charge in [-0.25, -0.2) is 5.01 Å². The molecule has 0 unspecified atom stereocenters. The number of hydrogen-bond acceptors (Lipinski definition) is 7. The molecule has 3 aromatic rings. The van der Waals surface area contributed by atoms with Crippen molar-refractivity contribution < 1.29 is 4.79 Å². The Bertz CT molecular complexity index is 1190. The second kappa shape index (κ2) is 6.20. The van der Waals surface area contributed by atoms with E-state index < -0.39 is 0 Å². The number of nitrogens with zero attached hydrogens (tertiary/aromatic N) is 5. The van der Waals surface area contributed by atoms with Gasteiger partial charge in [-0.2, -0.15) is 14.6 Å². The third kappa shape index (κ3) is 2.85. The van der Waals surface area contributed by atoms with Crippen molar-refractivity contribution in [3.8, 4) is 0 Å². The van der Waals surface area contributed by atoms with Crippen LogP contribution in [-0.4, -0.2) is 55.7 Å². The average molecular weight is 379 g/mol. The van der Waals surface area contributed by atoms with Gasteiger partial charge in [0.05, 0.1) is 28.9 Å². The second-order valence-electron chi connectivity index (χ2n) is 6.59. The molecule has 9 heteroatoms. The summed E-state index contributed by atoms with van der Waals surface area (Å²) in [5.41, 5.74) is 8.64. The zero-order chi connectivity index (χ0) is 18.4. The van der Waals surface area contributed by atoms with Gasteiger partial charge in [-0.1, -0.05) is 6.07 Å². The van der Waals surface area contributed by atoms with Gasteiger partial charge in [0.25, 0.3) is 5.91 Å². The van der Waals surface area contributed by atoms with Crippen LogP contribution < -0.4 is 15.5 Å². The molecule has 0 atom stereocenters. The van der Waals surface area contributed by atoms with Crippen molar-refractivity contribution >= 4 is 52.1 Å². The Morgan fingerprint density at radius 1 is 1.37 bits per heavy atom. The molecule has 0 aliphatic carbocycles. The smallest absolute Gasteiger partial charge is 0.262 e. The molecule has 0 spiro atoms. The minimum Gasteiger partial charge on any atom is -0.382 e. The molecule has 1 amide bonds. The zero-order valence-corrected chi connectivity index (χ0v) is 15.2. The molecule has 3 N–H and O–H groups in total. The van der Waals surface area contributed by atoms with Gasteiger partial charge in [-0.3, -0.25) is 9.89 Å². The van der Waals surface area contributed by atoms with Gasteiger partial charge >= 0.3 is 0 Å². The highest BCUT2D eigenvalue weighted by atomic mass is 32.1. The van der Waals surface area contributed by atoms with Crippen molar-refractivity contribution in [1.82, 2.24) is 24.5 Å². The van der Waals surface area contributed by atoms with Gasteiger partial charge in [0.1, 0.15) is 0 Å². The van der Waals surface area contributed by atoms with E-state index in [1.807, 2.05) is 35.5 Å². The molecule has 136 valence electrons. The number of aromatic nitrogens is 3. The molecule has 0 bridgehead atoms. The Morgan fingerprint density at radius 2 is 2.30 bits per heavy atom. The maximum atomic E-state index is 12.7. The van der Waals surface area contributed by atoms with Crippen LogP contribution in [-0.2, 0) is 4.79 Å². The molecular formula is C18H17N7OS. The van der Waals surface area contributed by atoms with Gasteiger partial charge in [-0.15, -0.1) is 0 Å². The van der Waals surface area contributed by atoms with Gasteiger partial charge in [0.15, 0.2) is 5.82 Å². The number of aromatic amines is 1. The number of hydrazone groups is 1. The number of fused-ring (bicyclic) bond motifs is 2. The summed E-state index contributed by atoms with van der Waals surface area (Å²) < 4.78 is 5.34. The Kier molecular flexibility index (Phi) is 3.68. The minimum atomic E-state index is -0.00908. The lowest BCUT2D eigenvalue weighted by Gasteiger charge is -2.21. The molecule has 0 saturated heterocycles. The number of rotatable bonds is 3. The average Bonchev–Trinajstić information content (AvgIpc) is 3.41. The third-order valence-electron chi connectivity index (χ3n) is 4.81. The van der Waals surface area contributed by atoms with Crippen LogP contribution in [0.2, 0.25) is 0 Å². The summed E-state index contributed by atoms with van der Waals surface area (Å²) >= 11 is 1.48. The number of amides is 1. The van der Waals surface area contributed by atoms with Crippen LogP contribution >= 0.6 is 11.5 Å². The van der Waals surface area contributed by atoms with Gasteiger partial charge in [0, 0.05) is 36.0 Å². The lowest BCUT2D eigenvalue weighted by Crippen LogP contribution is -2.39. The predicted octanol–water partition coefficient (Wildman–Crippen LogP) is 0.0723. The predicted molar refractivity (Wildman–Crippen MR) is 105 cm³/mol. The van der Waals surface area contributed by atoms with Crippen LogP contribution in [0.4, 0.5) is 5.82 Å². The maximum Gasteiger partial charge on any atom is 0.262 e. The number of carbonyl (C=O) groups is 1. The van der Waals surface area contributed by atoms with E-state index in [0.717, 1.165) is 38.3 Å². The fourth-order valence-corrected chi connectivity index (χ4v) is 4.02. The molecule has 0 radical (unpaired) electrons. The standard InChI is InChI=1S/C18H17N7OS/c19-18-13-7-11(1-2-15(13)21-22-18)14-3-6-25(23-14)17(26)10-24-5-4-16-12(9-24)8-20-27-16/h1-2,4,7-9H,3,5-6,10H2,(H3,19,21,22). The summed E-state index contributed by atoms with van der Waals surface area (Å²) in [6.45, 7) is 1.61. The van der Waals surface area contributed by atoms with Crippen LogP contribution in [0, 0.1) is 0 Å². The van der Waals surface area contributed by atoms with E-state index in [9.17, 15) is 4.79 Å². The van der Waals surface area contributed by atoms with E-state index in [-0.39, 0.29) is 5.91 Å². The molecule has 5 rings (SSSR count). The summed E-state index contributed by atoms with van der Waals surface area (Å²) in [7, 11) is 0. The van der Waals surface area contributed by atoms with Gasteiger partial charge < -0.3 is 10.6 Å². The van der Waals surface area contributed by atoms with Crippen molar-refractivity contribution in [3.05, 3.63) is 39.7 Å². The molecule has 0 saturated carbocycles. The Morgan fingerprint density at radius 3 is 3.22 bits per heavy atom. The largest absolute Gasteiger partial charge is 0.382 e. The molecule has 2 aliphatic heterocycles. The van der Waals surface area contributed by atoms with Crippen LogP contribution in [0.15, 0.2) is 29.5 Å². The van der Waals surface area contributed by atoms with Crippen molar-refractivity contribution in [2.45, 2.75) is 6.42 Å². The number of nitrogens with one attached hydrogen (secondary N) is 1. The zero-order valence-electron chi connectivity index (χ0n) is 14.4. The van der Waals surface area contributed by atoms with E-state index >= 15 is 0 Å². The third-order valence-corrected chi connectivity index (χ3v) is 5.62. The summed E-state index contributed by atoms with van der Waals surface area (Å²) in [4.78, 5) is 14.7. The van der Waals surface area contributed by atoms with Crippen LogP contribution in [0.5, 0.6) is 0 Å². The Balaban J connectivity index is 1.33. The number of anilines is 1. The SMILES string of the molecule is Nc1n[nH]c2ccc(C3=NN(C(=O)CN4C=c5cnsc5=CC4)CC3)cc12. The quantitative estimate of drug-likeness (QED) is 0.670. The molecule has 2 aliphatic rings. The first-order valence-corrected chi connectivity index (χ1v) is 9.43. The first kappa shape index (κ1) is 16.0. The lowest BCUT2D eigenvalue weighted by molar-refractivity contribution is -0.131. The summed E-state index contributed by atoms with van der Waals surface area (Å²) in [6, 6.07) is 5.89. The highest BCUT2D eigenvalue weighted by Gasteiger charge is 2.23. The first-order valence-electron chi connectivity index (χ1n) is 8.66. The molecule has 27 heavy (non-hydrogen) atoms. The van der Waals surface area contributed by atoms with Crippen molar-refractivity contribution in [2.75, 3.05) is 25.4 Å². The van der Waals surface area contributed by atoms with E-state index in [1.54, 1.807) is 5.01 Å². The fourth-order valence-electron chi connectivity index (χ4n) is 3.38. The lowest BCUT2D eigenvalue weighted by atomic mass is 10.1. The topological polar surface area (TPSA) is 104 Å². The number of hydrogen-bond donors (Lipinski definition) is 2.